The normalized spacial score (nSPS) is 11.6. The highest BCUT2D eigenvalue weighted by molar-refractivity contribution is 7.18. The van der Waals surface area contributed by atoms with Crippen LogP contribution in [0.1, 0.15) is 0 Å². The maximum atomic E-state index is 5.02. The molecule has 4 aromatic heterocycles. The Morgan fingerprint density at radius 1 is 0.328 bits per heavy atom. The van der Waals surface area contributed by atoms with Gasteiger partial charge in [0.1, 0.15) is 10.0 Å². The van der Waals surface area contributed by atoms with E-state index >= 15 is 0 Å². The van der Waals surface area contributed by atoms with Crippen molar-refractivity contribution in [2.24, 2.45) is 0 Å². The fourth-order valence-electron chi connectivity index (χ4n) is 8.59. The summed E-state index contributed by atoms with van der Waals surface area (Å²) in [5, 5.41) is 16.1. The lowest BCUT2D eigenvalue weighted by molar-refractivity contribution is 1.07. The van der Waals surface area contributed by atoms with Gasteiger partial charge in [-0.1, -0.05) is 151 Å². The quantitative estimate of drug-likeness (QED) is 0.160. The van der Waals surface area contributed by atoms with E-state index in [1.165, 1.54) is 10.8 Å². The van der Waals surface area contributed by atoms with Crippen LogP contribution in [0.5, 0.6) is 0 Å². The van der Waals surface area contributed by atoms with Crippen molar-refractivity contribution in [2.45, 2.75) is 0 Å². The highest BCUT2D eigenvalue weighted by Crippen LogP contribution is 2.41. The summed E-state index contributed by atoms with van der Waals surface area (Å²) in [6.45, 7) is 0. The summed E-state index contributed by atoms with van der Waals surface area (Å²) < 4.78 is 4.67. The summed E-state index contributed by atoms with van der Waals surface area (Å²) in [5.74, 6) is 1.88. The minimum absolute atomic E-state index is 0.615. The maximum absolute atomic E-state index is 5.02. The lowest BCUT2D eigenvalue weighted by Crippen LogP contribution is -2.01. The van der Waals surface area contributed by atoms with Crippen molar-refractivity contribution in [1.29, 1.82) is 0 Å². The zero-order valence-electron chi connectivity index (χ0n) is 32.6. The summed E-state index contributed by atoms with van der Waals surface area (Å²) in [6.07, 6.45) is 0. The van der Waals surface area contributed by atoms with Crippen LogP contribution in [0.4, 0.5) is 0 Å². The number of hydrogen-bond donors (Lipinski definition) is 0. The van der Waals surface area contributed by atoms with Gasteiger partial charge >= 0.3 is 0 Å². The van der Waals surface area contributed by atoms with Crippen LogP contribution < -0.4 is 0 Å². The second-order valence-electron chi connectivity index (χ2n) is 15.0. The number of fused-ring (bicyclic) bond motifs is 6. The fourth-order valence-corrected chi connectivity index (χ4v) is 9.46. The molecule has 0 aliphatic carbocycles. The van der Waals surface area contributed by atoms with Gasteiger partial charge in [-0.25, -0.2) is 15.0 Å². The van der Waals surface area contributed by atoms with E-state index in [1.807, 2.05) is 60.7 Å². The lowest BCUT2D eigenvalue weighted by Gasteiger charge is -2.11. The molecule has 0 saturated heterocycles. The molecule has 0 aliphatic rings. The van der Waals surface area contributed by atoms with Crippen LogP contribution in [0.2, 0.25) is 0 Å². The van der Waals surface area contributed by atoms with Crippen LogP contribution in [0.25, 0.3) is 110 Å². The zero-order chi connectivity index (χ0) is 40.3. The summed E-state index contributed by atoms with van der Waals surface area (Å²) in [6, 6.07) is 69.5. The molecule has 0 N–H and O–H groups in total. The fraction of sp³-hybridized carbons (Fsp3) is 0. The first kappa shape index (κ1) is 34.9. The molecule has 8 aromatic carbocycles. The predicted molar refractivity (Wildman–Crippen MR) is 249 cm³/mol. The topological polar surface area (TPSA) is 74.3 Å². The van der Waals surface area contributed by atoms with Crippen molar-refractivity contribution in [2.75, 3.05) is 0 Å². The maximum Gasteiger partial charge on any atom is 0.164 e. The molecule has 0 radical (unpaired) electrons. The molecule has 12 aromatic rings. The lowest BCUT2D eigenvalue weighted by atomic mass is 10.1. The van der Waals surface area contributed by atoms with Crippen molar-refractivity contribution in [1.82, 2.24) is 34.3 Å². The minimum Gasteiger partial charge on any atom is -0.309 e. The number of nitrogens with zero attached hydrogens (tertiary/aromatic N) is 7. The Bertz CT molecular complexity index is 3530. The van der Waals surface area contributed by atoms with Gasteiger partial charge in [0, 0.05) is 60.7 Å². The van der Waals surface area contributed by atoms with E-state index in [4.69, 9.17) is 25.1 Å². The Kier molecular flexibility index (Phi) is 8.21. The highest BCUT2D eigenvalue weighted by Gasteiger charge is 2.21. The van der Waals surface area contributed by atoms with Crippen LogP contribution in [-0.4, -0.2) is 34.3 Å². The minimum atomic E-state index is 0.615. The molecular formula is C53H33N7S. The second-order valence-corrected chi connectivity index (χ2v) is 16.0. The number of rotatable bonds is 7. The molecule has 4 heterocycles. The molecule has 286 valence electrons. The van der Waals surface area contributed by atoms with Crippen molar-refractivity contribution >= 4 is 54.9 Å². The van der Waals surface area contributed by atoms with Crippen LogP contribution >= 0.6 is 11.3 Å². The number of aromatic nitrogens is 7. The van der Waals surface area contributed by atoms with Gasteiger partial charge in [-0.15, -0.1) is 10.2 Å². The Labute approximate surface area is 354 Å². The first-order chi connectivity index (χ1) is 30.2. The van der Waals surface area contributed by atoms with Crippen molar-refractivity contribution < 1.29 is 0 Å². The molecule has 0 unspecified atom stereocenters. The molecule has 0 fully saturated rings. The third kappa shape index (κ3) is 5.92. The van der Waals surface area contributed by atoms with E-state index in [1.54, 1.807) is 11.3 Å². The Morgan fingerprint density at radius 3 is 1.54 bits per heavy atom. The van der Waals surface area contributed by atoms with Crippen LogP contribution in [0, 0.1) is 0 Å². The van der Waals surface area contributed by atoms with E-state index in [9.17, 15) is 0 Å². The summed E-state index contributed by atoms with van der Waals surface area (Å²) >= 11 is 1.62. The van der Waals surface area contributed by atoms with E-state index in [0.29, 0.717) is 17.5 Å². The second kappa shape index (κ2) is 14.3. The molecule has 12 rings (SSSR count). The van der Waals surface area contributed by atoms with E-state index in [0.717, 1.165) is 82.0 Å². The third-order valence-corrected chi connectivity index (χ3v) is 12.4. The smallest absolute Gasteiger partial charge is 0.164 e. The van der Waals surface area contributed by atoms with E-state index in [2.05, 4.69) is 149 Å². The molecule has 0 saturated carbocycles. The van der Waals surface area contributed by atoms with Gasteiger partial charge in [0.25, 0.3) is 0 Å². The van der Waals surface area contributed by atoms with Crippen molar-refractivity contribution in [3.8, 4) is 66.7 Å². The van der Waals surface area contributed by atoms with Crippen LogP contribution in [-0.2, 0) is 0 Å². The molecule has 0 bridgehead atoms. The first-order valence-electron chi connectivity index (χ1n) is 20.2. The zero-order valence-corrected chi connectivity index (χ0v) is 33.4. The molecule has 8 heteroatoms. The largest absolute Gasteiger partial charge is 0.309 e. The summed E-state index contributed by atoms with van der Waals surface area (Å²) in [5.41, 5.74) is 11.5. The number of hydrogen-bond acceptors (Lipinski definition) is 6. The predicted octanol–water partition coefficient (Wildman–Crippen LogP) is 13.3. The highest BCUT2D eigenvalue weighted by atomic mass is 32.1. The monoisotopic (exact) mass is 799 g/mol. The number of para-hydroxylation sites is 4. The van der Waals surface area contributed by atoms with Gasteiger partial charge in [0.2, 0.25) is 0 Å². The Hall–Kier alpha value is -8.07. The van der Waals surface area contributed by atoms with E-state index < -0.39 is 0 Å². The molecule has 0 atom stereocenters. The Morgan fingerprint density at radius 2 is 0.836 bits per heavy atom. The van der Waals surface area contributed by atoms with Gasteiger partial charge in [0.15, 0.2) is 17.5 Å². The van der Waals surface area contributed by atoms with Gasteiger partial charge in [-0.3, -0.25) is 0 Å². The third-order valence-electron chi connectivity index (χ3n) is 11.3. The molecule has 0 aliphatic heterocycles. The van der Waals surface area contributed by atoms with Crippen LogP contribution in [0.3, 0.4) is 0 Å². The first-order valence-corrected chi connectivity index (χ1v) is 21.0. The molecular weight excluding hydrogens is 767 g/mol. The molecule has 0 spiro atoms. The van der Waals surface area contributed by atoms with Gasteiger partial charge < -0.3 is 9.13 Å². The standard InChI is InChI=1S/C53H33N7S/c1-4-16-34(17-5-1)49-54-50(35-18-6-2-7-19-35)56-51(55-49)36-20-14-23-39(32-36)59-45-28-12-11-25-41(45)44-33-37(30-31-47(44)59)52-57-58-53(61-52)43-27-15-26-42-40-24-10-13-29-46(40)60(48(42)43)38-21-8-3-9-22-38/h1-33H. The summed E-state index contributed by atoms with van der Waals surface area (Å²) in [7, 11) is 0. The van der Waals surface area contributed by atoms with Crippen LogP contribution in [0.15, 0.2) is 200 Å². The molecule has 0 amide bonds. The number of benzene rings is 8. The average Bonchev–Trinajstić information content (AvgIpc) is 4.06. The van der Waals surface area contributed by atoms with Gasteiger partial charge in [-0.2, -0.15) is 0 Å². The average molecular weight is 800 g/mol. The molecule has 61 heavy (non-hydrogen) atoms. The Balaban J connectivity index is 0.966. The molecule has 7 nitrogen and oxygen atoms in total. The van der Waals surface area contributed by atoms with Crippen molar-refractivity contribution in [3.63, 3.8) is 0 Å². The van der Waals surface area contributed by atoms with Gasteiger partial charge in [-0.05, 0) is 60.7 Å². The SMILES string of the molecule is c1ccc(-c2nc(-c3ccccc3)nc(-c3cccc(-n4c5ccccc5c5cc(-c6nnc(-c7cccc8c9ccccc9n(-c9ccccc9)c78)s6)ccc54)c3)n2)cc1. The van der Waals surface area contributed by atoms with Crippen molar-refractivity contribution in [3.05, 3.63) is 200 Å². The van der Waals surface area contributed by atoms with E-state index in [-0.39, 0.29) is 0 Å². The summed E-state index contributed by atoms with van der Waals surface area (Å²) in [4.78, 5) is 14.9. The van der Waals surface area contributed by atoms with Gasteiger partial charge in [0.05, 0.1) is 22.1 Å².